The van der Waals surface area contributed by atoms with E-state index in [1.165, 1.54) is 12.5 Å². The van der Waals surface area contributed by atoms with E-state index in [2.05, 4.69) is 57.2 Å². The molecule has 0 spiro atoms. The molecule has 71 heavy (non-hydrogen) atoms. The third kappa shape index (κ3) is 24.4. The SMILES string of the molecule is CC(C)C[C@H](NC(=O)[C@@H](NC(=O)[C@H](CC(N)=O)NC(=O)[C@H](CCCN=C(N)N)NC(=O)[C@H](CO)NC(=O)[C@H](CCCN=C(N)N)NC(=O)[C@H](Cc1cnc[nH]1)NC(=O)[C@@H](N)CCC(=O)O)[C@@H](C)O)C(=O)O. The lowest BCUT2D eigenvalue weighted by Crippen LogP contribution is -2.62. The monoisotopic (exact) mass is 1010 g/mol. The summed E-state index contributed by atoms with van der Waals surface area (Å²) in [5, 5.41) is 55.6. The van der Waals surface area contributed by atoms with Crippen molar-refractivity contribution in [1.29, 1.82) is 0 Å². The van der Waals surface area contributed by atoms with Crippen LogP contribution in [0.2, 0.25) is 0 Å². The zero-order chi connectivity index (χ0) is 54.0. The van der Waals surface area contributed by atoms with Gasteiger partial charge >= 0.3 is 11.9 Å². The Hall–Kier alpha value is -7.67. The number of amides is 8. The van der Waals surface area contributed by atoms with Crippen molar-refractivity contribution in [3.63, 3.8) is 0 Å². The topological polar surface area (TPSA) is 545 Å². The third-order valence-corrected chi connectivity index (χ3v) is 10.0. The van der Waals surface area contributed by atoms with E-state index < -0.39 is 133 Å². The minimum atomic E-state index is -1.86. The van der Waals surface area contributed by atoms with Crippen LogP contribution in [0, 0.1) is 5.92 Å². The van der Waals surface area contributed by atoms with Gasteiger partial charge in [0.15, 0.2) is 11.9 Å². The average molecular weight is 1010 g/mol. The van der Waals surface area contributed by atoms with Crippen molar-refractivity contribution in [3.8, 4) is 0 Å². The third-order valence-electron chi connectivity index (χ3n) is 10.0. The van der Waals surface area contributed by atoms with Gasteiger partial charge in [0, 0.05) is 37.8 Å². The molecule has 0 fully saturated rings. The summed E-state index contributed by atoms with van der Waals surface area (Å²) in [6.45, 7) is 3.27. The summed E-state index contributed by atoms with van der Waals surface area (Å²) < 4.78 is 0. The number of carbonyl (C=O) groups is 10. The van der Waals surface area contributed by atoms with Crippen LogP contribution in [0.25, 0.3) is 0 Å². The molecule has 0 aliphatic carbocycles. The van der Waals surface area contributed by atoms with Gasteiger partial charge in [-0.3, -0.25) is 53.1 Å². The number of hydrogen-bond acceptors (Lipinski definition) is 16. The molecule has 0 radical (unpaired) electrons. The van der Waals surface area contributed by atoms with Gasteiger partial charge in [0.2, 0.25) is 47.3 Å². The molecule has 398 valence electrons. The van der Waals surface area contributed by atoms with Gasteiger partial charge in [0.05, 0.1) is 31.5 Å². The van der Waals surface area contributed by atoms with Gasteiger partial charge in [-0.25, -0.2) is 9.78 Å². The Bertz CT molecular complexity index is 2030. The van der Waals surface area contributed by atoms with Crippen LogP contribution in [-0.4, -0.2) is 176 Å². The van der Waals surface area contributed by atoms with Crippen LogP contribution in [0.1, 0.15) is 77.8 Å². The quantitative estimate of drug-likeness (QED) is 0.0173. The van der Waals surface area contributed by atoms with Gasteiger partial charge in [-0.2, -0.15) is 0 Å². The lowest BCUT2D eigenvalue weighted by molar-refractivity contribution is -0.143. The molecule has 0 aromatic carbocycles. The second-order valence-electron chi connectivity index (χ2n) is 16.6. The molecule has 0 aliphatic heterocycles. The smallest absolute Gasteiger partial charge is 0.326 e. The lowest BCUT2D eigenvalue weighted by atomic mass is 10.0. The number of primary amides is 1. The summed E-state index contributed by atoms with van der Waals surface area (Å²) in [6.07, 6.45) is -1.30. The fourth-order valence-electron chi connectivity index (χ4n) is 6.37. The Morgan fingerprint density at radius 1 is 0.634 bits per heavy atom. The number of aromatic nitrogens is 2. The van der Waals surface area contributed by atoms with Crippen molar-refractivity contribution >= 4 is 71.1 Å². The number of aromatic amines is 1. The highest BCUT2D eigenvalue weighted by atomic mass is 16.4. The van der Waals surface area contributed by atoms with Crippen molar-refractivity contribution in [3.05, 3.63) is 18.2 Å². The van der Waals surface area contributed by atoms with Crippen molar-refractivity contribution in [2.75, 3.05) is 19.7 Å². The fourth-order valence-corrected chi connectivity index (χ4v) is 6.37. The average Bonchev–Trinajstić information content (AvgIpc) is 3.79. The number of aliphatic imine (C=N–C) groups is 2. The lowest BCUT2D eigenvalue weighted by Gasteiger charge is -2.28. The van der Waals surface area contributed by atoms with Gasteiger partial charge in [-0.05, 0) is 51.4 Å². The van der Waals surface area contributed by atoms with E-state index in [0.717, 1.165) is 6.92 Å². The molecule has 31 nitrogen and oxygen atoms in total. The molecule has 0 bridgehead atoms. The van der Waals surface area contributed by atoms with E-state index in [1.807, 2.05) is 0 Å². The predicted octanol–water partition coefficient (Wildman–Crippen LogP) is -7.98. The van der Waals surface area contributed by atoms with E-state index in [0.29, 0.717) is 5.69 Å². The summed E-state index contributed by atoms with van der Waals surface area (Å²) in [6, 6.07) is -12.9. The molecule has 1 aromatic heterocycles. The number of rotatable bonds is 34. The number of nitrogens with one attached hydrogen (secondary N) is 8. The van der Waals surface area contributed by atoms with Gasteiger partial charge < -0.3 is 97.0 Å². The molecule has 1 aromatic rings. The van der Waals surface area contributed by atoms with E-state index in [1.54, 1.807) is 13.8 Å². The first-order chi connectivity index (χ1) is 33.2. The Morgan fingerprint density at radius 3 is 1.54 bits per heavy atom. The number of imidazole rings is 1. The van der Waals surface area contributed by atoms with Gasteiger partial charge in [-0.15, -0.1) is 0 Å². The van der Waals surface area contributed by atoms with Crippen LogP contribution in [0.4, 0.5) is 0 Å². The number of guanidine groups is 2. The summed E-state index contributed by atoms with van der Waals surface area (Å²) in [5.74, 6) is -12.1. The Morgan fingerprint density at radius 2 is 1.10 bits per heavy atom. The molecule has 0 aliphatic rings. The number of aliphatic hydroxyl groups is 2. The zero-order valence-corrected chi connectivity index (χ0v) is 39.6. The molecule has 1 heterocycles. The van der Waals surface area contributed by atoms with Gasteiger partial charge in [0.1, 0.15) is 42.3 Å². The highest BCUT2D eigenvalue weighted by Crippen LogP contribution is 2.09. The number of carbonyl (C=O) groups excluding carboxylic acids is 8. The van der Waals surface area contributed by atoms with Crippen LogP contribution in [0.5, 0.6) is 0 Å². The fraction of sp³-hybridized carbons (Fsp3) is 0.625. The van der Waals surface area contributed by atoms with E-state index in [-0.39, 0.29) is 75.9 Å². The standard InChI is InChI=1S/C40H69N17O14/c1-18(2)12-26(38(70)71)55-37(69)30(19(3)59)57-35(67)25(14-28(42)60)54-32(64)22(6-4-10-48-39(43)44)52-36(68)27(16-58)56-33(65)23(7-5-11-49-40(45)46)51-34(66)24(13-20-15-47-17-50-20)53-31(63)21(41)8-9-29(61)62/h15,17-19,21-27,30,58-59H,4-14,16,41H2,1-3H3,(H2,42,60)(H,47,50)(H,51,66)(H,52,68)(H,53,63)(H,54,64)(H,55,69)(H,56,65)(H,57,67)(H,61,62)(H,70,71)(H4,43,44,48)(H4,45,46,49)/t19-,21+,22+,23+,24+,25+,26+,27+,30+/m1/s1. The summed E-state index contributed by atoms with van der Waals surface area (Å²) in [4.78, 5) is 144. The first-order valence-corrected chi connectivity index (χ1v) is 22.2. The second-order valence-corrected chi connectivity index (χ2v) is 16.6. The maximum atomic E-state index is 13.9. The van der Waals surface area contributed by atoms with Crippen LogP contribution < -0.4 is 71.6 Å². The molecule has 0 unspecified atom stereocenters. The van der Waals surface area contributed by atoms with Crippen LogP contribution in [0.15, 0.2) is 22.5 Å². The largest absolute Gasteiger partial charge is 0.481 e. The number of carboxylic acids is 2. The van der Waals surface area contributed by atoms with E-state index in [4.69, 9.17) is 39.5 Å². The first-order valence-electron chi connectivity index (χ1n) is 22.2. The first kappa shape index (κ1) is 61.3. The number of nitrogens with two attached hydrogens (primary N) is 6. The minimum Gasteiger partial charge on any atom is -0.481 e. The molecule has 31 heteroatoms. The van der Waals surface area contributed by atoms with Gasteiger partial charge in [0.25, 0.3) is 0 Å². The summed E-state index contributed by atoms with van der Waals surface area (Å²) in [7, 11) is 0. The van der Waals surface area contributed by atoms with E-state index >= 15 is 0 Å². The van der Waals surface area contributed by atoms with Crippen LogP contribution in [0.3, 0.4) is 0 Å². The maximum absolute atomic E-state index is 13.9. The molecule has 0 saturated heterocycles. The van der Waals surface area contributed by atoms with Crippen molar-refractivity contribution in [1.82, 2.24) is 47.2 Å². The molecular formula is C40H69N17O14. The molecule has 0 saturated carbocycles. The van der Waals surface area contributed by atoms with Gasteiger partial charge in [-0.1, -0.05) is 13.8 Å². The van der Waals surface area contributed by atoms with Crippen molar-refractivity contribution < 1.29 is 68.4 Å². The number of aliphatic carboxylic acids is 2. The molecule has 9 atom stereocenters. The Balaban J connectivity index is 3.48. The number of nitrogens with zero attached hydrogens (tertiary/aromatic N) is 3. The van der Waals surface area contributed by atoms with E-state index in [9.17, 15) is 63.3 Å². The molecular weight excluding hydrogens is 943 g/mol. The number of carboxylic acid groups (broad SMARTS) is 2. The number of aliphatic hydroxyl groups excluding tert-OH is 2. The van der Waals surface area contributed by atoms with Crippen LogP contribution in [-0.2, 0) is 54.4 Å². The Labute approximate surface area is 407 Å². The summed E-state index contributed by atoms with van der Waals surface area (Å²) >= 11 is 0. The number of hydrogen-bond donors (Lipinski definition) is 18. The zero-order valence-electron chi connectivity index (χ0n) is 39.6. The highest BCUT2D eigenvalue weighted by Gasteiger charge is 2.36. The van der Waals surface area contributed by atoms with Crippen LogP contribution >= 0.6 is 0 Å². The predicted molar refractivity (Wildman–Crippen MR) is 250 cm³/mol. The maximum Gasteiger partial charge on any atom is 0.326 e. The van der Waals surface area contributed by atoms with Crippen molar-refractivity contribution in [2.45, 2.75) is 133 Å². The minimum absolute atomic E-state index is 0.0126. The molecule has 8 amide bonds. The normalized spacial score (nSPS) is 14.7. The second kappa shape index (κ2) is 31.5. The number of H-pyrrole nitrogens is 1. The highest BCUT2D eigenvalue weighted by molar-refractivity contribution is 5.99. The summed E-state index contributed by atoms with van der Waals surface area (Å²) in [5.41, 5.74) is 33.2. The molecule has 24 N–H and O–H groups in total. The molecule has 1 rings (SSSR count). The van der Waals surface area contributed by atoms with Crippen molar-refractivity contribution in [2.24, 2.45) is 50.3 Å². The Kier molecular flexibility index (Phi) is 27.2.